The van der Waals surface area contributed by atoms with E-state index in [0.717, 1.165) is 0 Å². The molecule has 0 aromatic rings. The summed E-state index contributed by atoms with van der Waals surface area (Å²) >= 11 is 0. The molecule has 0 aliphatic carbocycles. The number of aliphatic hydroxyl groups is 6. The highest BCUT2D eigenvalue weighted by molar-refractivity contribution is 4.79. The van der Waals surface area contributed by atoms with Crippen LogP contribution in [0.3, 0.4) is 0 Å². The Morgan fingerprint density at radius 1 is 0.353 bits per heavy atom. The molecule has 0 rings (SSSR count). The highest BCUT2D eigenvalue weighted by atomic mass is 16.3. The molecule has 6 unspecified atom stereocenters. The molecular formula is C24H54N4O6. The normalized spacial score (nSPS) is 18.0. The first-order chi connectivity index (χ1) is 16.1. The minimum Gasteiger partial charge on any atom is -0.395 e. The molecule has 10 nitrogen and oxygen atoms in total. The average molecular weight is 495 g/mol. The van der Waals surface area contributed by atoms with Crippen LogP contribution in [0.5, 0.6) is 0 Å². The molecule has 0 fully saturated rings. The summed E-state index contributed by atoms with van der Waals surface area (Å²) in [5, 5.41) is 58.1. The van der Waals surface area contributed by atoms with Crippen molar-refractivity contribution in [2.45, 2.75) is 77.8 Å². The Bertz CT molecular complexity index is 430. The van der Waals surface area contributed by atoms with Gasteiger partial charge < -0.3 is 30.6 Å². The molecule has 0 saturated heterocycles. The molecule has 0 amide bonds. The lowest BCUT2D eigenvalue weighted by Crippen LogP contribution is -2.52. The van der Waals surface area contributed by atoms with Crippen molar-refractivity contribution < 1.29 is 30.6 Å². The molecular weight excluding hydrogens is 440 g/mol. The molecule has 0 spiro atoms. The number of nitrogens with zero attached hydrogens (tertiary/aromatic N) is 4. The van der Waals surface area contributed by atoms with Gasteiger partial charge in [0.05, 0.1) is 39.6 Å². The van der Waals surface area contributed by atoms with Crippen molar-refractivity contribution in [3.05, 3.63) is 0 Å². The molecule has 0 aliphatic rings. The van der Waals surface area contributed by atoms with E-state index < -0.39 is 0 Å². The Hall–Kier alpha value is -0.400. The van der Waals surface area contributed by atoms with Gasteiger partial charge in [0.25, 0.3) is 0 Å². The molecule has 0 aromatic heterocycles. The molecule has 10 heteroatoms. The van der Waals surface area contributed by atoms with E-state index in [1.54, 1.807) is 0 Å². The predicted octanol–water partition coefficient (Wildman–Crippen LogP) is -1.52. The van der Waals surface area contributed by atoms with Gasteiger partial charge in [-0.25, -0.2) is 0 Å². The van der Waals surface area contributed by atoms with Crippen LogP contribution in [0.4, 0.5) is 0 Å². The summed E-state index contributed by atoms with van der Waals surface area (Å²) in [6, 6.07) is -0.413. The summed E-state index contributed by atoms with van der Waals surface area (Å²) in [7, 11) is 0. The molecule has 0 heterocycles. The monoisotopic (exact) mass is 494 g/mol. The van der Waals surface area contributed by atoms with Crippen molar-refractivity contribution in [1.29, 1.82) is 0 Å². The fourth-order valence-electron chi connectivity index (χ4n) is 4.25. The summed E-state index contributed by atoms with van der Waals surface area (Å²) in [5.74, 6) is 0. The third kappa shape index (κ3) is 11.6. The molecule has 0 aliphatic heterocycles. The van der Waals surface area contributed by atoms with Crippen molar-refractivity contribution in [1.82, 2.24) is 19.6 Å². The number of aliphatic hydroxyl groups excluding tert-OH is 6. The SMILES string of the molecule is CC(CO)N(CCN(CCN(C(C)CO)C(C)CO)C(C)CO)CCN(C(C)CO)C(C)CO. The minimum absolute atomic E-state index is 0.0106. The maximum Gasteiger partial charge on any atom is 0.0584 e. The van der Waals surface area contributed by atoms with Crippen LogP contribution in [-0.4, -0.2) is 165 Å². The molecule has 0 radical (unpaired) electrons. The van der Waals surface area contributed by atoms with Crippen molar-refractivity contribution in [2.75, 3.05) is 78.9 Å². The van der Waals surface area contributed by atoms with Crippen LogP contribution in [-0.2, 0) is 0 Å². The molecule has 0 bridgehead atoms. The van der Waals surface area contributed by atoms with Gasteiger partial charge in [0.2, 0.25) is 0 Å². The van der Waals surface area contributed by atoms with Gasteiger partial charge in [0.15, 0.2) is 0 Å². The summed E-state index contributed by atoms with van der Waals surface area (Å²) in [6.45, 7) is 15.8. The fourth-order valence-corrected chi connectivity index (χ4v) is 4.25. The van der Waals surface area contributed by atoms with Crippen molar-refractivity contribution >= 4 is 0 Å². The zero-order chi connectivity index (χ0) is 26.3. The van der Waals surface area contributed by atoms with Gasteiger partial charge >= 0.3 is 0 Å². The Kier molecular flexibility index (Phi) is 18.6. The molecule has 206 valence electrons. The molecule has 6 N–H and O–H groups in total. The third-order valence-electron chi connectivity index (χ3n) is 7.06. The number of rotatable bonds is 21. The summed E-state index contributed by atoms with van der Waals surface area (Å²) < 4.78 is 0. The largest absolute Gasteiger partial charge is 0.395 e. The van der Waals surface area contributed by atoms with Crippen LogP contribution in [0.15, 0.2) is 0 Å². The van der Waals surface area contributed by atoms with Crippen molar-refractivity contribution in [2.24, 2.45) is 0 Å². The molecule has 0 saturated carbocycles. The van der Waals surface area contributed by atoms with Gasteiger partial charge in [0.1, 0.15) is 0 Å². The first kappa shape index (κ1) is 33.6. The van der Waals surface area contributed by atoms with E-state index >= 15 is 0 Å². The topological polar surface area (TPSA) is 134 Å². The van der Waals surface area contributed by atoms with E-state index in [1.165, 1.54) is 0 Å². The van der Waals surface area contributed by atoms with E-state index in [0.29, 0.717) is 39.3 Å². The zero-order valence-electron chi connectivity index (χ0n) is 22.4. The zero-order valence-corrected chi connectivity index (χ0v) is 22.4. The van der Waals surface area contributed by atoms with E-state index in [-0.39, 0.29) is 75.9 Å². The lowest BCUT2D eigenvalue weighted by Gasteiger charge is -2.38. The number of hydrogen-bond acceptors (Lipinski definition) is 10. The van der Waals surface area contributed by atoms with Crippen LogP contribution in [0.2, 0.25) is 0 Å². The molecule has 34 heavy (non-hydrogen) atoms. The van der Waals surface area contributed by atoms with Crippen LogP contribution < -0.4 is 0 Å². The highest BCUT2D eigenvalue weighted by Crippen LogP contribution is 2.10. The van der Waals surface area contributed by atoms with Gasteiger partial charge in [0, 0.05) is 75.5 Å². The van der Waals surface area contributed by atoms with Crippen LogP contribution in [0.1, 0.15) is 41.5 Å². The second-order valence-corrected chi connectivity index (χ2v) is 9.74. The Balaban J connectivity index is 5.27. The van der Waals surface area contributed by atoms with Crippen molar-refractivity contribution in [3.63, 3.8) is 0 Å². The lowest BCUT2D eigenvalue weighted by atomic mass is 10.2. The average Bonchev–Trinajstić information content (AvgIpc) is 2.86. The van der Waals surface area contributed by atoms with Gasteiger partial charge in [-0.1, -0.05) is 0 Å². The highest BCUT2D eigenvalue weighted by Gasteiger charge is 2.24. The van der Waals surface area contributed by atoms with Gasteiger partial charge in [-0.05, 0) is 41.5 Å². The lowest BCUT2D eigenvalue weighted by molar-refractivity contribution is 0.0336. The number of hydrogen-bond donors (Lipinski definition) is 6. The second kappa shape index (κ2) is 18.8. The fraction of sp³-hybridized carbons (Fsp3) is 1.00. The standard InChI is InChI=1S/C24H54N4O6/c1-19(13-29)25(9-11-27(21(3)15-31)22(4)16-32)7-8-26(20(2)14-30)10-12-28(23(5)17-33)24(6)18-34/h19-24,29-34H,7-18H2,1-6H3. The summed E-state index contributed by atoms with van der Waals surface area (Å²) in [6.07, 6.45) is 0. The van der Waals surface area contributed by atoms with E-state index in [9.17, 15) is 30.6 Å². The first-order valence-electron chi connectivity index (χ1n) is 12.8. The van der Waals surface area contributed by atoms with Crippen LogP contribution in [0.25, 0.3) is 0 Å². The van der Waals surface area contributed by atoms with Gasteiger partial charge in [-0.3, -0.25) is 19.6 Å². The Morgan fingerprint density at radius 2 is 0.559 bits per heavy atom. The Labute approximate surface area is 207 Å². The smallest absolute Gasteiger partial charge is 0.0584 e. The first-order valence-corrected chi connectivity index (χ1v) is 12.8. The van der Waals surface area contributed by atoms with Crippen LogP contribution >= 0.6 is 0 Å². The van der Waals surface area contributed by atoms with E-state index in [1.807, 2.05) is 41.5 Å². The Morgan fingerprint density at radius 3 is 0.765 bits per heavy atom. The summed E-state index contributed by atoms with van der Waals surface area (Å²) in [5.41, 5.74) is 0. The maximum atomic E-state index is 9.81. The molecule has 6 atom stereocenters. The van der Waals surface area contributed by atoms with Crippen LogP contribution in [0, 0.1) is 0 Å². The van der Waals surface area contributed by atoms with E-state index in [2.05, 4.69) is 19.6 Å². The maximum absolute atomic E-state index is 9.81. The minimum atomic E-state index is -0.0765. The third-order valence-corrected chi connectivity index (χ3v) is 7.06. The molecule has 0 aromatic carbocycles. The van der Waals surface area contributed by atoms with Crippen molar-refractivity contribution in [3.8, 4) is 0 Å². The van der Waals surface area contributed by atoms with Gasteiger partial charge in [-0.15, -0.1) is 0 Å². The van der Waals surface area contributed by atoms with Gasteiger partial charge in [-0.2, -0.15) is 0 Å². The summed E-state index contributed by atoms with van der Waals surface area (Å²) in [4.78, 5) is 8.55. The predicted molar refractivity (Wildman–Crippen MR) is 136 cm³/mol. The van der Waals surface area contributed by atoms with E-state index in [4.69, 9.17) is 0 Å². The quantitative estimate of drug-likeness (QED) is 0.112. The second-order valence-electron chi connectivity index (χ2n) is 9.74.